The van der Waals surface area contributed by atoms with Gasteiger partial charge in [-0.2, -0.15) is 0 Å². The number of piperidine rings is 1. The van der Waals surface area contributed by atoms with E-state index in [1.807, 2.05) is 0 Å². The lowest BCUT2D eigenvalue weighted by molar-refractivity contribution is -0.120. The summed E-state index contributed by atoms with van der Waals surface area (Å²) >= 11 is 0. The molecule has 1 aliphatic heterocycles. The van der Waals surface area contributed by atoms with Gasteiger partial charge < -0.3 is 16.4 Å². The van der Waals surface area contributed by atoms with Gasteiger partial charge in [0.15, 0.2) is 0 Å². The van der Waals surface area contributed by atoms with Crippen molar-refractivity contribution in [3.8, 4) is 0 Å². The number of nitrogens with zero attached hydrogens (tertiary/aromatic N) is 1. The van der Waals surface area contributed by atoms with Gasteiger partial charge in [-0.25, -0.2) is 4.79 Å². The number of hydrogen-bond donors (Lipinski definition) is 3. The van der Waals surface area contributed by atoms with E-state index in [1.165, 1.54) is 0 Å². The fourth-order valence-electron chi connectivity index (χ4n) is 2.19. The second-order valence-electron chi connectivity index (χ2n) is 4.72. The van der Waals surface area contributed by atoms with Crippen molar-refractivity contribution in [1.29, 1.82) is 0 Å². The highest BCUT2D eigenvalue weighted by atomic mass is 16.2. The van der Waals surface area contributed by atoms with E-state index in [9.17, 15) is 9.59 Å². The molecule has 2 unspecified atom stereocenters. The standard InChI is InChI=1S/C11H22N4O2/c1-8-2-4-15(7-9(8)6-12)5-3-10(16)14-11(13)17/h8-9H,2-7,12H2,1H3,(H3,13,14,16,17). The van der Waals surface area contributed by atoms with Crippen molar-refractivity contribution in [3.05, 3.63) is 0 Å². The van der Waals surface area contributed by atoms with E-state index in [0.717, 1.165) is 19.5 Å². The molecule has 98 valence electrons. The van der Waals surface area contributed by atoms with Gasteiger partial charge in [-0.05, 0) is 31.3 Å². The van der Waals surface area contributed by atoms with Gasteiger partial charge in [0.1, 0.15) is 0 Å². The third-order valence-electron chi connectivity index (χ3n) is 3.42. The first-order valence-electron chi connectivity index (χ1n) is 6.04. The molecule has 1 fully saturated rings. The Morgan fingerprint density at radius 3 is 2.76 bits per heavy atom. The summed E-state index contributed by atoms with van der Waals surface area (Å²) in [5, 5.41) is 2.06. The second-order valence-corrected chi connectivity index (χ2v) is 4.72. The van der Waals surface area contributed by atoms with Crippen LogP contribution in [0.15, 0.2) is 0 Å². The molecule has 1 rings (SSSR count). The van der Waals surface area contributed by atoms with Gasteiger partial charge in [-0.15, -0.1) is 0 Å². The second kappa shape index (κ2) is 6.56. The molecule has 0 aliphatic carbocycles. The first-order chi connectivity index (χ1) is 8.02. The number of urea groups is 1. The largest absolute Gasteiger partial charge is 0.351 e. The molecule has 17 heavy (non-hydrogen) atoms. The maximum atomic E-state index is 11.2. The van der Waals surface area contributed by atoms with Crippen LogP contribution in [0.5, 0.6) is 0 Å². The molecule has 2 atom stereocenters. The Hall–Kier alpha value is -1.14. The number of rotatable bonds is 4. The normalized spacial score (nSPS) is 25.5. The van der Waals surface area contributed by atoms with Gasteiger partial charge in [0, 0.05) is 19.5 Å². The minimum atomic E-state index is -0.790. The van der Waals surface area contributed by atoms with Crippen LogP contribution in [0.3, 0.4) is 0 Å². The van der Waals surface area contributed by atoms with E-state index in [-0.39, 0.29) is 5.91 Å². The maximum Gasteiger partial charge on any atom is 0.318 e. The van der Waals surface area contributed by atoms with Crippen molar-refractivity contribution in [2.24, 2.45) is 23.3 Å². The van der Waals surface area contributed by atoms with Crippen LogP contribution in [0.2, 0.25) is 0 Å². The van der Waals surface area contributed by atoms with Gasteiger partial charge in [0.05, 0.1) is 0 Å². The lowest BCUT2D eigenvalue weighted by Crippen LogP contribution is -2.44. The molecule has 1 saturated heterocycles. The van der Waals surface area contributed by atoms with E-state index in [0.29, 0.717) is 31.3 Å². The van der Waals surface area contributed by atoms with E-state index in [4.69, 9.17) is 11.5 Å². The van der Waals surface area contributed by atoms with Crippen molar-refractivity contribution < 1.29 is 9.59 Å². The SMILES string of the molecule is CC1CCN(CCC(=O)NC(N)=O)CC1CN. The minimum Gasteiger partial charge on any atom is -0.351 e. The molecule has 6 nitrogen and oxygen atoms in total. The highest BCUT2D eigenvalue weighted by Gasteiger charge is 2.25. The number of carbonyl (C=O) groups is 2. The Morgan fingerprint density at radius 2 is 2.18 bits per heavy atom. The molecule has 0 bridgehead atoms. The molecular formula is C11H22N4O2. The van der Waals surface area contributed by atoms with Gasteiger partial charge in [0.25, 0.3) is 0 Å². The zero-order valence-electron chi connectivity index (χ0n) is 10.3. The lowest BCUT2D eigenvalue weighted by Gasteiger charge is -2.36. The van der Waals surface area contributed by atoms with E-state index in [1.54, 1.807) is 0 Å². The van der Waals surface area contributed by atoms with Crippen molar-refractivity contribution in [1.82, 2.24) is 10.2 Å². The van der Waals surface area contributed by atoms with Gasteiger partial charge in [-0.3, -0.25) is 10.1 Å². The summed E-state index contributed by atoms with van der Waals surface area (Å²) in [6, 6.07) is -0.790. The molecule has 0 saturated carbocycles. The number of nitrogens with two attached hydrogens (primary N) is 2. The molecule has 0 aromatic heterocycles. The molecule has 0 radical (unpaired) electrons. The van der Waals surface area contributed by atoms with Crippen LogP contribution in [-0.4, -0.2) is 43.0 Å². The quantitative estimate of drug-likeness (QED) is 0.618. The molecule has 0 aromatic rings. The number of likely N-dealkylation sites (tertiary alicyclic amines) is 1. The molecule has 0 spiro atoms. The average molecular weight is 242 g/mol. The third-order valence-corrected chi connectivity index (χ3v) is 3.42. The highest BCUT2D eigenvalue weighted by Crippen LogP contribution is 2.21. The smallest absolute Gasteiger partial charge is 0.318 e. The maximum absolute atomic E-state index is 11.2. The van der Waals surface area contributed by atoms with Crippen molar-refractivity contribution >= 4 is 11.9 Å². The number of hydrogen-bond acceptors (Lipinski definition) is 4. The van der Waals surface area contributed by atoms with E-state index >= 15 is 0 Å². The molecule has 3 amide bonds. The third kappa shape index (κ3) is 4.70. The topological polar surface area (TPSA) is 101 Å². The lowest BCUT2D eigenvalue weighted by atomic mass is 9.87. The molecule has 1 heterocycles. The van der Waals surface area contributed by atoms with Crippen LogP contribution >= 0.6 is 0 Å². The Bertz CT molecular complexity index is 283. The number of amides is 3. The van der Waals surface area contributed by atoms with Crippen LogP contribution in [0.4, 0.5) is 4.79 Å². The summed E-state index contributed by atoms with van der Waals surface area (Å²) in [7, 11) is 0. The van der Waals surface area contributed by atoms with Crippen LogP contribution in [0, 0.1) is 11.8 Å². The summed E-state index contributed by atoms with van der Waals surface area (Å²) in [6.45, 7) is 5.48. The molecule has 6 heteroatoms. The fourth-order valence-corrected chi connectivity index (χ4v) is 2.19. The first-order valence-corrected chi connectivity index (χ1v) is 6.04. The van der Waals surface area contributed by atoms with Gasteiger partial charge >= 0.3 is 6.03 Å². The van der Waals surface area contributed by atoms with E-state index < -0.39 is 6.03 Å². The summed E-state index contributed by atoms with van der Waals surface area (Å²) in [5.74, 6) is 0.832. The number of carbonyl (C=O) groups excluding carboxylic acids is 2. The number of primary amides is 1. The Kier molecular flexibility index (Phi) is 5.37. The van der Waals surface area contributed by atoms with Crippen LogP contribution in [0.25, 0.3) is 0 Å². The molecule has 5 N–H and O–H groups in total. The van der Waals surface area contributed by atoms with E-state index in [2.05, 4.69) is 17.1 Å². The highest BCUT2D eigenvalue weighted by molar-refractivity contribution is 5.93. The Morgan fingerprint density at radius 1 is 1.47 bits per heavy atom. The van der Waals surface area contributed by atoms with Crippen LogP contribution in [-0.2, 0) is 4.79 Å². The Labute approximate surface area is 102 Å². The molecular weight excluding hydrogens is 220 g/mol. The number of imide groups is 1. The van der Waals surface area contributed by atoms with Gasteiger partial charge in [0.2, 0.25) is 5.91 Å². The number of nitrogens with one attached hydrogen (secondary N) is 1. The zero-order valence-corrected chi connectivity index (χ0v) is 10.3. The first kappa shape index (κ1) is 13.9. The molecule has 0 aromatic carbocycles. The van der Waals surface area contributed by atoms with Crippen molar-refractivity contribution in [2.75, 3.05) is 26.2 Å². The minimum absolute atomic E-state index is 0.300. The van der Waals surface area contributed by atoms with Crippen molar-refractivity contribution in [2.45, 2.75) is 19.8 Å². The zero-order chi connectivity index (χ0) is 12.8. The average Bonchev–Trinajstić information content (AvgIpc) is 2.27. The summed E-state index contributed by atoms with van der Waals surface area (Å²) in [6.07, 6.45) is 1.41. The summed E-state index contributed by atoms with van der Waals surface area (Å²) in [5.41, 5.74) is 10.6. The monoisotopic (exact) mass is 242 g/mol. The fraction of sp³-hybridized carbons (Fsp3) is 0.818. The van der Waals surface area contributed by atoms with Crippen LogP contribution in [0.1, 0.15) is 19.8 Å². The predicted octanol–water partition coefficient (Wildman–Crippen LogP) is -0.512. The summed E-state index contributed by atoms with van der Waals surface area (Å²) in [4.78, 5) is 23.9. The summed E-state index contributed by atoms with van der Waals surface area (Å²) < 4.78 is 0. The van der Waals surface area contributed by atoms with Crippen molar-refractivity contribution in [3.63, 3.8) is 0 Å². The molecule has 1 aliphatic rings. The Balaban J connectivity index is 2.28. The van der Waals surface area contributed by atoms with Crippen LogP contribution < -0.4 is 16.8 Å². The van der Waals surface area contributed by atoms with Gasteiger partial charge in [-0.1, -0.05) is 6.92 Å². The predicted molar refractivity (Wildman–Crippen MR) is 65.1 cm³/mol.